The topological polar surface area (TPSA) is 179 Å². The minimum absolute atomic E-state index is 0.0243. The zero-order chi connectivity index (χ0) is 39.8. The average Bonchev–Trinajstić information content (AvgIpc) is 3.82. The number of hydrogen-bond donors (Lipinski definition) is 3. The minimum atomic E-state index is -1.17. The molecule has 0 spiro atoms. The number of rotatable bonds is 13. The Morgan fingerprint density at radius 2 is 1.80 bits per heavy atom. The van der Waals surface area contributed by atoms with Gasteiger partial charge in [-0.1, -0.05) is 45.1 Å². The van der Waals surface area contributed by atoms with E-state index in [0.29, 0.717) is 57.6 Å². The number of cyclic esters (lactones) is 1. The molecule has 54 heavy (non-hydrogen) atoms. The molecule has 0 aromatic rings. The molecule has 0 radical (unpaired) electrons. The van der Waals surface area contributed by atoms with Crippen LogP contribution in [0.3, 0.4) is 0 Å². The third-order valence-corrected chi connectivity index (χ3v) is 11.2. The number of carbonyl (C=O) groups is 4. The van der Waals surface area contributed by atoms with E-state index in [-0.39, 0.29) is 55.2 Å². The van der Waals surface area contributed by atoms with Gasteiger partial charge in [0.25, 0.3) is 11.8 Å². The molecular formula is C40H61N3O11. The minimum Gasteiger partial charge on any atom is -0.457 e. The van der Waals surface area contributed by atoms with Crippen molar-refractivity contribution in [3.8, 4) is 0 Å². The Labute approximate surface area is 319 Å². The summed E-state index contributed by atoms with van der Waals surface area (Å²) in [6.45, 7) is 13.8. The average molecular weight is 760 g/mol. The number of hydrogen-bond acceptors (Lipinski definition) is 12. The number of ether oxygens (including phenoxy) is 4. The third kappa shape index (κ3) is 11.8. The van der Waals surface area contributed by atoms with E-state index >= 15 is 0 Å². The number of aliphatic hydroxyl groups excluding tert-OH is 2. The second-order valence-corrected chi connectivity index (χ2v) is 15.7. The van der Waals surface area contributed by atoms with E-state index in [9.17, 15) is 34.5 Å². The number of epoxide rings is 1. The summed E-state index contributed by atoms with van der Waals surface area (Å²) in [5, 5.41) is 32.1. The Hall–Kier alpha value is -3.40. The monoisotopic (exact) mass is 759 g/mol. The first-order valence-corrected chi connectivity index (χ1v) is 19.2. The predicted molar refractivity (Wildman–Crippen MR) is 200 cm³/mol. The lowest BCUT2D eigenvalue weighted by atomic mass is 9.88. The molecule has 2 fully saturated rings. The maximum atomic E-state index is 13.5. The van der Waals surface area contributed by atoms with Crippen molar-refractivity contribution in [1.29, 1.82) is 0 Å². The van der Waals surface area contributed by atoms with E-state index in [1.54, 1.807) is 36.1 Å². The van der Waals surface area contributed by atoms with Crippen LogP contribution >= 0.6 is 0 Å². The van der Waals surface area contributed by atoms with Crippen molar-refractivity contribution in [3.63, 3.8) is 0 Å². The number of nitrogens with zero attached hydrogens (tertiary/aromatic N) is 3. The van der Waals surface area contributed by atoms with Gasteiger partial charge in [-0.2, -0.15) is 0 Å². The molecule has 0 aliphatic carbocycles. The highest BCUT2D eigenvalue weighted by Crippen LogP contribution is 2.37. The van der Waals surface area contributed by atoms with Crippen LogP contribution in [0.1, 0.15) is 73.6 Å². The van der Waals surface area contributed by atoms with Crippen molar-refractivity contribution in [2.45, 2.75) is 121 Å². The van der Waals surface area contributed by atoms with Gasteiger partial charge in [0.1, 0.15) is 11.7 Å². The van der Waals surface area contributed by atoms with Gasteiger partial charge in [0.2, 0.25) is 0 Å². The molecule has 3 amide bonds. The molecule has 0 saturated carbocycles. The largest absolute Gasteiger partial charge is 0.457 e. The first-order chi connectivity index (χ1) is 25.5. The van der Waals surface area contributed by atoms with E-state index in [2.05, 4.69) is 4.90 Å². The van der Waals surface area contributed by atoms with Crippen LogP contribution in [0.4, 0.5) is 4.79 Å². The van der Waals surface area contributed by atoms with E-state index in [1.807, 2.05) is 40.7 Å². The highest BCUT2D eigenvalue weighted by Gasteiger charge is 2.47. The molecule has 4 rings (SSSR count). The third-order valence-electron chi connectivity index (χ3n) is 11.2. The van der Waals surface area contributed by atoms with Crippen LogP contribution in [-0.4, -0.2) is 148 Å². The molecule has 10 atom stereocenters. The number of aliphatic hydroxyl groups is 3. The highest BCUT2D eigenvalue weighted by atomic mass is 16.6. The van der Waals surface area contributed by atoms with Gasteiger partial charge in [-0.15, -0.1) is 0 Å². The fourth-order valence-electron chi connectivity index (χ4n) is 7.24. The molecule has 4 heterocycles. The maximum absolute atomic E-state index is 13.5. The Kier molecular flexibility index (Phi) is 15.2. The number of esters is 1. The second-order valence-electron chi connectivity index (χ2n) is 15.7. The molecule has 4 aliphatic heterocycles. The van der Waals surface area contributed by atoms with Gasteiger partial charge in [0.15, 0.2) is 6.10 Å². The molecule has 3 N–H and O–H groups in total. The summed E-state index contributed by atoms with van der Waals surface area (Å²) < 4.78 is 23.7. The van der Waals surface area contributed by atoms with Gasteiger partial charge in [-0.25, -0.2) is 4.79 Å². The number of piperazine rings is 1. The van der Waals surface area contributed by atoms with Gasteiger partial charge >= 0.3 is 12.1 Å². The molecule has 14 heteroatoms. The summed E-state index contributed by atoms with van der Waals surface area (Å²) in [5.41, 5.74) is -1.49. The molecule has 0 unspecified atom stereocenters. The van der Waals surface area contributed by atoms with Crippen molar-refractivity contribution in [3.05, 3.63) is 48.1 Å². The lowest BCUT2D eigenvalue weighted by Crippen LogP contribution is -2.52. The van der Waals surface area contributed by atoms with Crippen LogP contribution in [0.15, 0.2) is 48.1 Å². The van der Waals surface area contributed by atoms with Gasteiger partial charge < -0.3 is 39.2 Å². The molecule has 0 aromatic heterocycles. The molecule has 2 saturated heterocycles. The van der Waals surface area contributed by atoms with Crippen molar-refractivity contribution >= 4 is 23.9 Å². The quantitative estimate of drug-likeness (QED) is 0.0824. The molecule has 302 valence electrons. The second kappa shape index (κ2) is 19.0. The summed E-state index contributed by atoms with van der Waals surface area (Å²) in [5.74, 6) is -1.59. The highest BCUT2D eigenvalue weighted by molar-refractivity contribution is 6.12. The fourth-order valence-corrected chi connectivity index (χ4v) is 7.24. The summed E-state index contributed by atoms with van der Waals surface area (Å²) in [6.07, 6.45) is 8.79. The van der Waals surface area contributed by atoms with Gasteiger partial charge in [0, 0.05) is 76.8 Å². The molecule has 0 aromatic carbocycles. The van der Waals surface area contributed by atoms with Crippen LogP contribution in [0.25, 0.3) is 0 Å². The summed E-state index contributed by atoms with van der Waals surface area (Å²) in [7, 11) is 1.52. The van der Waals surface area contributed by atoms with Gasteiger partial charge in [-0.3, -0.25) is 24.2 Å². The molecule has 14 nitrogen and oxygen atoms in total. The number of imide groups is 1. The molecule has 4 aliphatic rings. The lowest BCUT2D eigenvalue weighted by Gasteiger charge is -2.39. The lowest BCUT2D eigenvalue weighted by molar-refractivity contribution is -0.151. The van der Waals surface area contributed by atoms with Crippen molar-refractivity contribution in [2.24, 2.45) is 11.8 Å². The van der Waals surface area contributed by atoms with Gasteiger partial charge in [-0.05, 0) is 51.7 Å². The summed E-state index contributed by atoms with van der Waals surface area (Å²) in [4.78, 5) is 55.2. The molecule has 0 bridgehead atoms. The normalized spacial score (nSPS) is 33.1. The Morgan fingerprint density at radius 1 is 1.13 bits per heavy atom. The number of carbonyl (C=O) groups excluding carboxylic acids is 4. The maximum Gasteiger partial charge on any atom is 0.410 e. The fraction of sp³-hybridized carbons (Fsp3) is 0.700. The first kappa shape index (κ1) is 43.3. The van der Waals surface area contributed by atoms with E-state index in [0.717, 1.165) is 0 Å². The van der Waals surface area contributed by atoms with E-state index in [1.165, 1.54) is 24.2 Å². The van der Waals surface area contributed by atoms with Crippen LogP contribution in [0.5, 0.6) is 0 Å². The standard InChI is InChI=1S/C40H61N3O11/c1-8-30(45)28(4)37-31(52-37)25-39(5,50)16-9-10-26(2)36-27(3)11-12-32(40(6,51-7)17-15-29(44)24-35(48)54-36)53-38(49)42-21-18-41(19-22-42)20-23-43-33(46)13-14-34(43)47/h9-14,16,27-32,36-37,44-45,50H,8,15,17-25H2,1-7H3/b12-11-,16-9+,26-10+/t27-,28+,29+,30-,31-,32-,36+,37-,39-,40+/m0/s1. The van der Waals surface area contributed by atoms with Crippen LogP contribution < -0.4 is 0 Å². The Balaban J connectivity index is 1.42. The molecular weight excluding hydrogens is 698 g/mol. The van der Waals surface area contributed by atoms with Crippen LogP contribution in [0, 0.1) is 11.8 Å². The Bertz CT molecular complexity index is 1430. The number of allylic oxidation sites excluding steroid dienone is 2. The van der Waals surface area contributed by atoms with Crippen molar-refractivity contribution in [1.82, 2.24) is 14.7 Å². The Morgan fingerprint density at radius 3 is 2.43 bits per heavy atom. The zero-order valence-electron chi connectivity index (χ0n) is 32.9. The SMILES string of the molecule is CC[C@H](O)[C@@H](C)[C@@H]1O[C@H]1C[C@@](C)(O)/C=C/C=C(\C)[C@H]1OC(=O)C[C@H](O)CC[C@@](C)(OC)[C@@H](OC(=O)N2CCN(CCN3C(=O)C=CC3=O)CC2)/C=C\[C@@H]1C. The smallest absolute Gasteiger partial charge is 0.410 e. The van der Waals surface area contributed by atoms with Crippen molar-refractivity contribution in [2.75, 3.05) is 46.4 Å². The van der Waals surface area contributed by atoms with E-state index in [4.69, 9.17) is 18.9 Å². The predicted octanol–water partition coefficient (Wildman–Crippen LogP) is 2.91. The van der Waals surface area contributed by atoms with E-state index < -0.39 is 47.7 Å². The summed E-state index contributed by atoms with van der Waals surface area (Å²) >= 11 is 0. The summed E-state index contributed by atoms with van der Waals surface area (Å²) in [6, 6.07) is 0. The number of amides is 3. The van der Waals surface area contributed by atoms with Crippen molar-refractivity contribution < 1.29 is 53.4 Å². The first-order valence-electron chi connectivity index (χ1n) is 19.2. The zero-order valence-corrected chi connectivity index (χ0v) is 32.9. The van der Waals surface area contributed by atoms with Crippen LogP contribution in [-0.2, 0) is 33.3 Å². The van der Waals surface area contributed by atoms with Crippen LogP contribution in [0.2, 0.25) is 0 Å². The number of methoxy groups -OCH3 is 1. The van der Waals surface area contributed by atoms with Gasteiger partial charge in [0.05, 0.1) is 36.4 Å².